The maximum Gasteiger partial charge on any atom is 0.255 e. The van der Waals surface area contributed by atoms with Gasteiger partial charge in [0.15, 0.2) is 0 Å². The number of carbonyl (C=O) groups excluding carboxylic acids is 1. The minimum atomic E-state index is -3.58. The van der Waals surface area contributed by atoms with Gasteiger partial charge in [-0.15, -0.1) is 0 Å². The molecule has 0 unspecified atom stereocenters. The molecule has 156 valence electrons. The van der Waals surface area contributed by atoms with Crippen molar-refractivity contribution in [3.05, 3.63) is 51.6 Å². The second-order valence-electron chi connectivity index (χ2n) is 7.48. The van der Waals surface area contributed by atoms with E-state index in [-0.39, 0.29) is 16.3 Å². The van der Waals surface area contributed by atoms with Crippen molar-refractivity contribution in [3.8, 4) is 5.75 Å². The highest BCUT2D eigenvalue weighted by molar-refractivity contribution is 14.1. The van der Waals surface area contributed by atoms with Gasteiger partial charge in [0.25, 0.3) is 5.91 Å². The van der Waals surface area contributed by atoms with Crippen molar-refractivity contribution in [2.75, 3.05) is 32.1 Å². The van der Waals surface area contributed by atoms with Gasteiger partial charge in [0.1, 0.15) is 5.75 Å². The summed E-state index contributed by atoms with van der Waals surface area (Å²) in [5.41, 5.74) is 0.755. The molecule has 7 nitrogen and oxygen atoms in total. The van der Waals surface area contributed by atoms with Crippen LogP contribution in [-0.2, 0) is 10.0 Å². The van der Waals surface area contributed by atoms with Crippen LogP contribution in [0.4, 0.5) is 5.69 Å². The first kappa shape index (κ1) is 22.0. The number of halogens is 1. The number of amides is 1. The number of carbonyl (C=O) groups is 1. The fourth-order valence-corrected chi connectivity index (χ4v) is 5.51. The van der Waals surface area contributed by atoms with Crippen LogP contribution in [0.5, 0.6) is 5.75 Å². The molecule has 1 heterocycles. The first-order valence-electron chi connectivity index (χ1n) is 9.12. The minimum Gasteiger partial charge on any atom is -0.496 e. The summed E-state index contributed by atoms with van der Waals surface area (Å²) in [5.74, 6) is 0.429. The monoisotopic (exact) mass is 529 g/mol. The number of benzene rings is 2. The summed E-state index contributed by atoms with van der Waals surface area (Å²) in [4.78, 5) is 12.7. The molecular formula is C20H24IN3O4S. The lowest BCUT2D eigenvalue weighted by molar-refractivity contribution is 0.102. The third-order valence-electron chi connectivity index (χ3n) is 4.70. The maximum absolute atomic E-state index is 12.9. The van der Waals surface area contributed by atoms with Crippen molar-refractivity contribution in [3.63, 3.8) is 0 Å². The smallest absolute Gasteiger partial charge is 0.255 e. The van der Waals surface area contributed by atoms with Crippen molar-refractivity contribution < 1.29 is 17.9 Å². The van der Waals surface area contributed by atoms with Crippen LogP contribution in [0.1, 0.15) is 24.2 Å². The molecule has 1 amide bonds. The van der Waals surface area contributed by atoms with Crippen LogP contribution in [0.25, 0.3) is 0 Å². The van der Waals surface area contributed by atoms with Crippen LogP contribution in [0.2, 0.25) is 0 Å². The second kappa shape index (κ2) is 8.58. The molecule has 1 aliphatic heterocycles. The fourth-order valence-electron chi connectivity index (χ4n) is 3.17. The molecule has 2 aromatic carbocycles. The number of nitrogens with zero attached hydrogens (tertiary/aromatic N) is 1. The van der Waals surface area contributed by atoms with Crippen molar-refractivity contribution in [1.29, 1.82) is 0 Å². The highest BCUT2D eigenvalue weighted by Gasteiger charge is 2.33. The zero-order valence-corrected chi connectivity index (χ0v) is 19.5. The predicted octanol–water partition coefficient (Wildman–Crippen LogP) is 2.92. The van der Waals surface area contributed by atoms with Gasteiger partial charge in [0.05, 0.1) is 15.6 Å². The third kappa shape index (κ3) is 5.08. The second-order valence-corrected chi connectivity index (χ2v) is 10.6. The normalized spacial score (nSPS) is 17.0. The largest absolute Gasteiger partial charge is 0.496 e. The van der Waals surface area contributed by atoms with Crippen LogP contribution in [0, 0.1) is 3.57 Å². The number of nitrogens with one attached hydrogen (secondary N) is 2. The number of piperazine rings is 1. The lowest BCUT2D eigenvalue weighted by Gasteiger charge is -2.38. The van der Waals surface area contributed by atoms with E-state index < -0.39 is 10.0 Å². The Morgan fingerprint density at radius 3 is 2.48 bits per heavy atom. The van der Waals surface area contributed by atoms with Gasteiger partial charge in [0, 0.05) is 36.4 Å². The Morgan fingerprint density at radius 2 is 1.90 bits per heavy atom. The number of rotatable bonds is 5. The zero-order valence-electron chi connectivity index (χ0n) is 16.5. The molecule has 0 radical (unpaired) electrons. The molecule has 3 rings (SSSR count). The molecule has 0 aliphatic carbocycles. The van der Waals surface area contributed by atoms with E-state index in [1.54, 1.807) is 37.4 Å². The quantitative estimate of drug-likeness (QED) is 0.582. The SMILES string of the molecule is COc1ccc(C(=O)Nc2ccc(S(=O)(=O)N3CCNC(C)(C)C3)cc2)cc1I. The molecule has 0 spiro atoms. The van der Waals surface area contributed by atoms with Crippen LogP contribution in [-0.4, -0.2) is 50.9 Å². The molecule has 0 atom stereocenters. The van der Waals surface area contributed by atoms with E-state index in [9.17, 15) is 13.2 Å². The summed E-state index contributed by atoms with van der Waals surface area (Å²) >= 11 is 2.11. The first-order chi connectivity index (χ1) is 13.6. The minimum absolute atomic E-state index is 0.215. The van der Waals surface area contributed by atoms with Gasteiger partial charge in [-0.2, -0.15) is 4.31 Å². The number of methoxy groups -OCH3 is 1. The molecule has 2 N–H and O–H groups in total. The van der Waals surface area contributed by atoms with E-state index in [4.69, 9.17) is 4.74 Å². The maximum atomic E-state index is 12.9. The van der Waals surface area contributed by atoms with Crippen molar-refractivity contribution in [1.82, 2.24) is 9.62 Å². The molecule has 0 saturated carbocycles. The van der Waals surface area contributed by atoms with Crippen LogP contribution in [0.15, 0.2) is 47.4 Å². The van der Waals surface area contributed by atoms with Crippen LogP contribution in [0.3, 0.4) is 0 Å². The Morgan fingerprint density at radius 1 is 1.21 bits per heavy atom. The number of ether oxygens (including phenoxy) is 1. The molecule has 1 aliphatic rings. The highest BCUT2D eigenvalue weighted by Crippen LogP contribution is 2.24. The molecule has 0 bridgehead atoms. The van der Waals surface area contributed by atoms with E-state index in [0.717, 1.165) is 3.57 Å². The average Bonchev–Trinajstić information content (AvgIpc) is 2.67. The Bertz CT molecular complexity index is 1010. The van der Waals surface area contributed by atoms with Crippen LogP contribution < -0.4 is 15.4 Å². The molecular weight excluding hydrogens is 505 g/mol. The van der Waals surface area contributed by atoms with Crippen LogP contribution >= 0.6 is 22.6 Å². The lowest BCUT2D eigenvalue weighted by atomic mass is 10.0. The van der Waals surface area contributed by atoms with Gasteiger partial charge in [-0.25, -0.2) is 8.42 Å². The molecule has 1 saturated heterocycles. The van der Waals surface area contributed by atoms with Gasteiger partial charge in [-0.1, -0.05) is 0 Å². The number of hydrogen-bond donors (Lipinski definition) is 2. The Hall–Kier alpha value is -1.69. The summed E-state index contributed by atoms with van der Waals surface area (Å²) in [5, 5.41) is 6.10. The first-order valence-corrected chi connectivity index (χ1v) is 11.6. The van der Waals surface area contributed by atoms with Gasteiger partial charge in [-0.05, 0) is 78.9 Å². The van der Waals surface area contributed by atoms with E-state index in [1.165, 1.54) is 16.4 Å². The standard InChI is InChI=1S/C20H24IN3O4S/c1-20(2)13-24(11-10-22-20)29(26,27)16-7-5-15(6-8-16)23-19(25)14-4-9-18(28-3)17(21)12-14/h4-9,12,22H,10-11,13H2,1-3H3,(H,23,25). The molecule has 1 fully saturated rings. The topological polar surface area (TPSA) is 87.7 Å². The van der Waals surface area contributed by atoms with Gasteiger partial charge >= 0.3 is 0 Å². The molecule has 0 aromatic heterocycles. The molecule has 9 heteroatoms. The van der Waals surface area contributed by atoms with E-state index >= 15 is 0 Å². The number of sulfonamides is 1. The Kier molecular flexibility index (Phi) is 6.51. The highest BCUT2D eigenvalue weighted by atomic mass is 127. The Labute approximate surface area is 185 Å². The summed E-state index contributed by atoms with van der Waals surface area (Å²) in [6, 6.07) is 11.4. The van der Waals surface area contributed by atoms with E-state index in [1.807, 2.05) is 13.8 Å². The van der Waals surface area contributed by atoms with E-state index in [2.05, 4.69) is 33.2 Å². The van der Waals surface area contributed by atoms with Gasteiger partial charge in [-0.3, -0.25) is 4.79 Å². The van der Waals surface area contributed by atoms with Gasteiger partial charge in [0.2, 0.25) is 10.0 Å². The summed E-state index contributed by atoms with van der Waals surface area (Å²) in [6.07, 6.45) is 0. The summed E-state index contributed by atoms with van der Waals surface area (Å²) < 4.78 is 33.4. The predicted molar refractivity (Wildman–Crippen MR) is 121 cm³/mol. The van der Waals surface area contributed by atoms with E-state index in [0.29, 0.717) is 36.6 Å². The molecule has 29 heavy (non-hydrogen) atoms. The van der Waals surface area contributed by atoms with Crippen molar-refractivity contribution >= 4 is 44.2 Å². The number of anilines is 1. The lowest BCUT2D eigenvalue weighted by Crippen LogP contribution is -2.58. The average molecular weight is 529 g/mol. The third-order valence-corrected chi connectivity index (χ3v) is 7.40. The van der Waals surface area contributed by atoms with Crippen molar-refractivity contribution in [2.24, 2.45) is 0 Å². The number of hydrogen-bond acceptors (Lipinski definition) is 5. The fraction of sp³-hybridized carbons (Fsp3) is 0.350. The van der Waals surface area contributed by atoms with Crippen molar-refractivity contribution in [2.45, 2.75) is 24.3 Å². The molecule has 2 aromatic rings. The zero-order chi connectivity index (χ0) is 21.2. The summed E-state index contributed by atoms with van der Waals surface area (Å²) in [7, 11) is -2.00. The Balaban J connectivity index is 1.73. The van der Waals surface area contributed by atoms with Gasteiger partial charge < -0.3 is 15.4 Å². The summed E-state index contributed by atoms with van der Waals surface area (Å²) in [6.45, 7) is 5.41.